The maximum atomic E-state index is 12.2. The molecule has 1 N–H and O–H groups in total. The summed E-state index contributed by atoms with van der Waals surface area (Å²) in [5.41, 5.74) is 0. The van der Waals surface area contributed by atoms with Gasteiger partial charge >= 0.3 is 12.0 Å². The highest BCUT2D eigenvalue weighted by atomic mass is 32.2. The van der Waals surface area contributed by atoms with Crippen LogP contribution >= 0.6 is 0 Å². The van der Waals surface area contributed by atoms with Gasteiger partial charge in [0.25, 0.3) is 0 Å². The third-order valence-corrected chi connectivity index (χ3v) is 3.93. The average molecular weight is 308 g/mol. The Morgan fingerprint density at radius 3 is 2.65 bits per heavy atom. The molecule has 1 saturated heterocycles. The maximum absolute atomic E-state index is 12.2. The highest BCUT2D eigenvalue weighted by Gasteiger charge is 2.31. The number of amides is 2. The maximum Gasteiger partial charge on any atom is 0.320 e. The van der Waals surface area contributed by atoms with E-state index < -0.39 is 21.8 Å². The molecular formula is C11H20N2O6S. The van der Waals surface area contributed by atoms with Crippen molar-refractivity contribution in [2.45, 2.75) is 12.5 Å². The van der Waals surface area contributed by atoms with E-state index in [-0.39, 0.29) is 31.4 Å². The zero-order chi connectivity index (χ0) is 15.3. The number of aliphatic carboxylic acids is 1. The molecule has 2 amide bonds. The van der Waals surface area contributed by atoms with Crippen LogP contribution in [-0.2, 0) is 19.4 Å². The van der Waals surface area contributed by atoms with Crippen molar-refractivity contribution in [2.75, 3.05) is 45.4 Å². The van der Waals surface area contributed by atoms with E-state index in [9.17, 15) is 18.0 Å². The number of urea groups is 1. The lowest BCUT2D eigenvalue weighted by molar-refractivity contribution is -0.139. The van der Waals surface area contributed by atoms with Gasteiger partial charge in [0.15, 0.2) is 0 Å². The third-order valence-electron chi connectivity index (χ3n) is 3.01. The molecule has 0 saturated carbocycles. The number of nitrogens with zero attached hydrogens (tertiary/aromatic N) is 2. The van der Waals surface area contributed by atoms with Crippen molar-refractivity contribution in [3.05, 3.63) is 0 Å². The summed E-state index contributed by atoms with van der Waals surface area (Å²) in [5, 5.41) is 8.83. The van der Waals surface area contributed by atoms with Crippen LogP contribution in [0.3, 0.4) is 0 Å². The Hall–Kier alpha value is -1.35. The molecule has 1 atom stereocenters. The first-order valence-electron chi connectivity index (χ1n) is 6.19. The summed E-state index contributed by atoms with van der Waals surface area (Å²) in [7, 11) is -1.65. The van der Waals surface area contributed by atoms with Crippen LogP contribution < -0.4 is 0 Å². The summed E-state index contributed by atoms with van der Waals surface area (Å²) >= 11 is 0. The van der Waals surface area contributed by atoms with Crippen molar-refractivity contribution < 1.29 is 27.9 Å². The summed E-state index contributed by atoms with van der Waals surface area (Å²) in [6.07, 6.45) is 0.916. The smallest absolute Gasteiger partial charge is 0.320 e. The van der Waals surface area contributed by atoms with Gasteiger partial charge in [0.1, 0.15) is 9.84 Å². The molecule has 0 spiro atoms. The number of carbonyl (C=O) groups excluding carboxylic acids is 1. The minimum absolute atomic E-state index is 0.0782. The Morgan fingerprint density at radius 2 is 2.10 bits per heavy atom. The van der Waals surface area contributed by atoms with Gasteiger partial charge in [-0.25, -0.2) is 13.2 Å². The number of ether oxygens (including phenoxy) is 1. The first-order chi connectivity index (χ1) is 9.20. The van der Waals surface area contributed by atoms with E-state index in [2.05, 4.69) is 0 Å². The van der Waals surface area contributed by atoms with Crippen molar-refractivity contribution in [2.24, 2.45) is 0 Å². The quantitative estimate of drug-likeness (QED) is 0.717. The zero-order valence-electron chi connectivity index (χ0n) is 11.6. The van der Waals surface area contributed by atoms with E-state index >= 15 is 0 Å². The predicted molar refractivity (Wildman–Crippen MR) is 71.3 cm³/mol. The summed E-state index contributed by atoms with van der Waals surface area (Å²) in [6, 6.07) is -0.891. The number of carboxylic acids is 1. The number of hydrogen-bond donors (Lipinski definition) is 1. The fourth-order valence-electron chi connectivity index (χ4n) is 1.89. The number of morpholine rings is 1. The molecular weight excluding hydrogens is 288 g/mol. The van der Waals surface area contributed by atoms with Gasteiger partial charge in [0.2, 0.25) is 0 Å². The van der Waals surface area contributed by atoms with Crippen LogP contribution in [-0.4, -0.2) is 86.7 Å². The minimum Gasteiger partial charge on any atom is -0.481 e. The molecule has 8 nitrogen and oxygen atoms in total. The minimum atomic E-state index is -3.15. The molecule has 0 aromatic heterocycles. The van der Waals surface area contributed by atoms with Crippen LogP contribution in [0.2, 0.25) is 0 Å². The molecule has 9 heteroatoms. The first-order valence-corrected chi connectivity index (χ1v) is 8.26. The second-order valence-electron chi connectivity index (χ2n) is 4.85. The average Bonchev–Trinajstić information content (AvgIpc) is 2.34. The van der Waals surface area contributed by atoms with Gasteiger partial charge in [-0.1, -0.05) is 0 Å². The summed E-state index contributed by atoms with van der Waals surface area (Å²) in [5.74, 6) is -1.12. The third kappa shape index (κ3) is 5.33. The van der Waals surface area contributed by atoms with E-state index in [1.807, 2.05) is 0 Å². The van der Waals surface area contributed by atoms with Crippen LogP contribution in [0.25, 0.3) is 0 Å². The lowest BCUT2D eigenvalue weighted by atomic mass is 10.1. The first kappa shape index (κ1) is 16.7. The summed E-state index contributed by atoms with van der Waals surface area (Å²) in [6.45, 7) is 0.911. The van der Waals surface area contributed by atoms with Gasteiger partial charge < -0.3 is 19.6 Å². The molecule has 1 heterocycles. The molecule has 0 aromatic rings. The van der Waals surface area contributed by atoms with E-state index in [1.54, 1.807) is 0 Å². The van der Waals surface area contributed by atoms with E-state index in [0.29, 0.717) is 13.2 Å². The number of carboxylic acid groups (broad SMARTS) is 1. The normalized spacial score (nSPS) is 19.7. The summed E-state index contributed by atoms with van der Waals surface area (Å²) in [4.78, 5) is 25.7. The van der Waals surface area contributed by atoms with Crippen molar-refractivity contribution >= 4 is 21.8 Å². The largest absolute Gasteiger partial charge is 0.481 e. The molecule has 1 fully saturated rings. The molecule has 0 aromatic carbocycles. The Kier molecular flexibility index (Phi) is 5.75. The molecule has 0 aliphatic carbocycles. The Bertz CT molecular complexity index is 464. The zero-order valence-corrected chi connectivity index (χ0v) is 12.4. The number of hydrogen-bond acceptors (Lipinski definition) is 5. The monoisotopic (exact) mass is 308 g/mol. The van der Waals surface area contributed by atoms with Gasteiger partial charge in [-0.3, -0.25) is 4.79 Å². The van der Waals surface area contributed by atoms with Crippen molar-refractivity contribution in [1.29, 1.82) is 0 Å². The molecule has 0 bridgehead atoms. The van der Waals surface area contributed by atoms with E-state index in [4.69, 9.17) is 9.84 Å². The highest BCUT2D eigenvalue weighted by Crippen LogP contribution is 2.13. The summed E-state index contributed by atoms with van der Waals surface area (Å²) < 4.78 is 27.4. The highest BCUT2D eigenvalue weighted by molar-refractivity contribution is 7.90. The standard InChI is InChI=1S/C11H20N2O6S/c1-12(4-6-20(2,17)18)11(16)13-3-5-19-8-9(13)7-10(14)15/h9H,3-8H2,1-2H3,(H,14,15). The molecule has 1 rings (SSSR count). The van der Waals surface area contributed by atoms with Gasteiger partial charge in [0, 0.05) is 26.4 Å². The van der Waals surface area contributed by atoms with Crippen molar-refractivity contribution in [1.82, 2.24) is 9.80 Å². The number of carbonyl (C=O) groups is 2. The predicted octanol–water partition coefficient (Wildman–Crippen LogP) is -0.742. The van der Waals surface area contributed by atoms with Gasteiger partial charge in [0.05, 0.1) is 31.4 Å². The van der Waals surface area contributed by atoms with Gasteiger partial charge in [-0.05, 0) is 0 Å². The van der Waals surface area contributed by atoms with Crippen LogP contribution in [0.1, 0.15) is 6.42 Å². The second kappa shape index (κ2) is 6.89. The topological polar surface area (TPSA) is 104 Å². The van der Waals surface area contributed by atoms with Crippen LogP contribution in [0, 0.1) is 0 Å². The van der Waals surface area contributed by atoms with Crippen LogP contribution in [0.15, 0.2) is 0 Å². The van der Waals surface area contributed by atoms with Crippen molar-refractivity contribution in [3.8, 4) is 0 Å². The molecule has 1 aliphatic rings. The Morgan fingerprint density at radius 1 is 1.45 bits per heavy atom. The van der Waals surface area contributed by atoms with Crippen LogP contribution in [0.5, 0.6) is 0 Å². The number of rotatable bonds is 5. The molecule has 20 heavy (non-hydrogen) atoms. The lowest BCUT2D eigenvalue weighted by Gasteiger charge is -2.37. The van der Waals surface area contributed by atoms with Gasteiger partial charge in [-0.2, -0.15) is 0 Å². The molecule has 1 unspecified atom stereocenters. The van der Waals surface area contributed by atoms with Crippen LogP contribution in [0.4, 0.5) is 4.79 Å². The Balaban J connectivity index is 2.64. The van der Waals surface area contributed by atoms with E-state index in [1.165, 1.54) is 16.8 Å². The van der Waals surface area contributed by atoms with Gasteiger partial charge in [-0.15, -0.1) is 0 Å². The molecule has 116 valence electrons. The fourth-order valence-corrected chi connectivity index (χ4v) is 2.50. The SMILES string of the molecule is CN(CCS(C)(=O)=O)C(=O)N1CCOCC1CC(=O)O. The number of sulfone groups is 1. The van der Waals surface area contributed by atoms with E-state index in [0.717, 1.165) is 6.26 Å². The molecule has 1 aliphatic heterocycles. The Labute approximate surface area is 118 Å². The molecule has 0 radical (unpaired) electrons. The fraction of sp³-hybridized carbons (Fsp3) is 0.818. The van der Waals surface area contributed by atoms with Crippen molar-refractivity contribution in [3.63, 3.8) is 0 Å². The lowest BCUT2D eigenvalue weighted by Crippen LogP contribution is -2.54. The second-order valence-corrected chi connectivity index (χ2v) is 7.11.